The predicted molar refractivity (Wildman–Crippen MR) is 66.9 cm³/mol. The van der Waals surface area contributed by atoms with Crippen molar-refractivity contribution in [2.75, 3.05) is 30.5 Å². The average Bonchev–Trinajstić information content (AvgIpc) is 2.33. The first-order valence-corrected chi connectivity index (χ1v) is 7.48. The summed E-state index contributed by atoms with van der Waals surface area (Å²) in [7, 11) is -1.88. The SMILES string of the molecule is CN(CCS(C)(=O)=O)c1nc(C(F)(F)F)ccc1C#N. The van der Waals surface area contributed by atoms with E-state index in [9.17, 15) is 21.6 Å². The molecule has 0 saturated heterocycles. The van der Waals surface area contributed by atoms with Crippen LogP contribution in [0.25, 0.3) is 0 Å². The van der Waals surface area contributed by atoms with Crippen LogP contribution in [0.5, 0.6) is 0 Å². The van der Waals surface area contributed by atoms with Crippen molar-refractivity contribution in [3.05, 3.63) is 23.4 Å². The smallest absolute Gasteiger partial charge is 0.358 e. The van der Waals surface area contributed by atoms with Crippen molar-refractivity contribution in [3.63, 3.8) is 0 Å². The van der Waals surface area contributed by atoms with Gasteiger partial charge in [-0.15, -0.1) is 0 Å². The van der Waals surface area contributed by atoms with Crippen molar-refractivity contribution in [3.8, 4) is 6.07 Å². The fourth-order valence-electron chi connectivity index (χ4n) is 1.39. The zero-order valence-corrected chi connectivity index (χ0v) is 11.6. The van der Waals surface area contributed by atoms with Crippen LogP contribution in [-0.4, -0.2) is 39.0 Å². The maximum absolute atomic E-state index is 12.6. The lowest BCUT2D eigenvalue weighted by molar-refractivity contribution is -0.141. The molecule has 9 heteroatoms. The average molecular weight is 307 g/mol. The van der Waals surface area contributed by atoms with E-state index in [1.54, 1.807) is 6.07 Å². The molecule has 1 heterocycles. The summed E-state index contributed by atoms with van der Waals surface area (Å²) < 4.78 is 59.9. The van der Waals surface area contributed by atoms with Gasteiger partial charge in [0.15, 0.2) is 0 Å². The zero-order valence-electron chi connectivity index (χ0n) is 10.8. The number of rotatable bonds is 4. The van der Waals surface area contributed by atoms with Crippen LogP contribution in [0, 0.1) is 11.3 Å². The Labute approximate surface area is 114 Å². The zero-order chi connectivity index (χ0) is 15.6. The van der Waals surface area contributed by atoms with Gasteiger partial charge in [-0.05, 0) is 12.1 Å². The fraction of sp³-hybridized carbons (Fsp3) is 0.455. The molecule has 0 spiro atoms. The largest absolute Gasteiger partial charge is 0.433 e. The lowest BCUT2D eigenvalue weighted by atomic mass is 10.2. The van der Waals surface area contributed by atoms with Crippen LogP contribution in [0.2, 0.25) is 0 Å². The summed E-state index contributed by atoms with van der Waals surface area (Å²) in [6.45, 7) is -0.0537. The van der Waals surface area contributed by atoms with E-state index in [2.05, 4.69) is 4.98 Å². The fourth-order valence-corrected chi connectivity index (χ4v) is 2.00. The number of hydrogen-bond acceptors (Lipinski definition) is 5. The highest BCUT2D eigenvalue weighted by Crippen LogP contribution is 2.30. The van der Waals surface area contributed by atoms with Crippen molar-refractivity contribution in [1.29, 1.82) is 5.26 Å². The molecule has 110 valence electrons. The lowest BCUT2D eigenvalue weighted by Gasteiger charge is -2.20. The van der Waals surface area contributed by atoms with E-state index in [1.165, 1.54) is 11.9 Å². The van der Waals surface area contributed by atoms with Gasteiger partial charge in [-0.25, -0.2) is 13.4 Å². The molecule has 0 unspecified atom stereocenters. The Bertz CT molecular complexity index is 635. The van der Waals surface area contributed by atoms with Crippen LogP contribution < -0.4 is 4.90 Å². The quantitative estimate of drug-likeness (QED) is 0.842. The third kappa shape index (κ3) is 4.38. The van der Waals surface area contributed by atoms with E-state index >= 15 is 0 Å². The molecule has 0 aliphatic carbocycles. The molecule has 0 radical (unpaired) electrons. The van der Waals surface area contributed by atoms with E-state index in [4.69, 9.17) is 5.26 Å². The van der Waals surface area contributed by atoms with Crippen LogP contribution in [0.3, 0.4) is 0 Å². The molecule has 0 aliphatic rings. The Kier molecular flexibility index (Phi) is 4.60. The monoisotopic (exact) mass is 307 g/mol. The first kappa shape index (κ1) is 16.2. The number of pyridine rings is 1. The number of nitriles is 1. The van der Waals surface area contributed by atoms with Crippen molar-refractivity contribution in [2.24, 2.45) is 0 Å². The number of aromatic nitrogens is 1. The van der Waals surface area contributed by atoms with Gasteiger partial charge in [0.05, 0.1) is 11.3 Å². The lowest BCUT2D eigenvalue weighted by Crippen LogP contribution is -2.27. The molecule has 0 aliphatic heterocycles. The van der Waals surface area contributed by atoms with Crippen LogP contribution in [-0.2, 0) is 16.0 Å². The summed E-state index contributed by atoms with van der Waals surface area (Å²) in [5, 5.41) is 8.87. The highest BCUT2D eigenvalue weighted by molar-refractivity contribution is 7.90. The molecular formula is C11H12F3N3O2S. The van der Waals surface area contributed by atoms with Crippen LogP contribution in [0.15, 0.2) is 12.1 Å². The third-order valence-corrected chi connectivity index (χ3v) is 3.37. The van der Waals surface area contributed by atoms with E-state index < -0.39 is 21.7 Å². The summed E-state index contributed by atoms with van der Waals surface area (Å²) in [6.07, 6.45) is -3.61. The molecule has 0 atom stereocenters. The molecule has 0 N–H and O–H groups in total. The van der Waals surface area contributed by atoms with Gasteiger partial charge in [-0.3, -0.25) is 0 Å². The molecule has 0 amide bonds. The minimum absolute atomic E-state index is 0.0472. The van der Waals surface area contributed by atoms with Crippen LogP contribution in [0.4, 0.5) is 19.0 Å². The van der Waals surface area contributed by atoms with E-state index in [0.717, 1.165) is 12.3 Å². The summed E-state index contributed by atoms with van der Waals surface area (Å²) in [5.41, 5.74) is -1.17. The van der Waals surface area contributed by atoms with Crippen molar-refractivity contribution >= 4 is 15.7 Å². The van der Waals surface area contributed by atoms with Gasteiger partial charge in [0.25, 0.3) is 0 Å². The van der Waals surface area contributed by atoms with Crippen molar-refractivity contribution in [1.82, 2.24) is 4.98 Å². The van der Waals surface area contributed by atoms with Gasteiger partial charge in [-0.2, -0.15) is 18.4 Å². The van der Waals surface area contributed by atoms with Crippen molar-refractivity contribution < 1.29 is 21.6 Å². The standard InChI is InChI=1S/C11H12F3N3O2S/c1-17(5-6-20(2,18)19)10-8(7-15)3-4-9(16-10)11(12,13)14/h3-4H,5-6H2,1-2H3. The third-order valence-electron chi connectivity index (χ3n) is 2.45. The minimum atomic E-state index is -4.62. The highest BCUT2D eigenvalue weighted by Gasteiger charge is 2.33. The topological polar surface area (TPSA) is 74.1 Å². The molecule has 0 bridgehead atoms. The second-order valence-corrected chi connectivity index (χ2v) is 6.49. The number of alkyl halides is 3. The number of halogens is 3. The van der Waals surface area contributed by atoms with Crippen LogP contribution >= 0.6 is 0 Å². The maximum Gasteiger partial charge on any atom is 0.433 e. The van der Waals surface area contributed by atoms with E-state index in [0.29, 0.717) is 6.07 Å². The Morgan fingerprint density at radius 3 is 2.45 bits per heavy atom. The van der Waals surface area contributed by atoms with Gasteiger partial charge in [0, 0.05) is 19.8 Å². The molecule has 0 aromatic carbocycles. The number of hydrogen-bond donors (Lipinski definition) is 0. The molecule has 1 rings (SSSR count). The molecule has 5 nitrogen and oxygen atoms in total. The van der Waals surface area contributed by atoms with Gasteiger partial charge in [0.2, 0.25) is 0 Å². The molecule has 1 aromatic rings. The molecule has 0 fully saturated rings. The van der Waals surface area contributed by atoms with E-state index in [1.807, 2.05) is 0 Å². The summed E-state index contributed by atoms with van der Waals surface area (Å²) in [5.74, 6) is -0.433. The molecular weight excluding hydrogens is 295 g/mol. The van der Waals surface area contributed by atoms with Crippen LogP contribution in [0.1, 0.15) is 11.3 Å². The van der Waals surface area contributed by atoms with Crippen molar-refractivity contribution in [2.45, 2.75) is 6.18 Å². The first-order valence-electron chi connectivity index (χ1n) is 5.42. The minimum Gasteiger partial charge on any atom is -0.358 e. The second kappa shape index (κ2) is 5.66. The van der Waals surface area contributed by atoms with Gasteiger partial charge < -0.3 is 4.90 Å². The molecule has 1 aromatic heterocycles. The van der Waals surface area contributed by atoms with Gasteiger partial charge >= 0.3 is 6.18 Å². The summed E-state index contributed by atoms with van der Waals surface area (Å²) in [4.78, 5) is 4.62. The van der Waals surface area contributed by atoms with E-state index in [-0.39, 0.29) is 23.7 Å². The van der Waals surface area contributed by atoms with Gasteiger partial charge in [-0.1, -0.05) is 0 Å². The Morgan fingerprint density at radius 1 is 1.40 bits per heavy atom. The highest BCUT2D eigenvalue weighted by atomic mass is 32.2. The summed E-state index contributed by atoms with van der Waals surface area (Å²) in [6, 6.07) is 3.46. The summed E-state index contributed by atoms with van der Waals surface area (Å²) >= 11 is 0. The van der Waals surface area contributed by atoms with Gasteiger partial charge in [0.1, 0.15) is 27.4 Å². The first-order chi connectivity index (χ1) is 9.04. The number of anilines is 1. The molecule has 0 saturated carbocycles. The number of nitrogens with zero attached hydrogens (tertiary/aromatic N) is 3. The normalized spacial score (nSPS) is 12.0. The second-order valence-electron chi connectivity index (χ2n) is 4.23. The Hall–Kier alpha value is -1.82. The molecule has 20 heavy (non-hydrogen) atoms. The predicted octanol–water partition coefficient (Wildman–Crippen LogP) is 1.45. The Balaban J connectivity index is 3.12. The maximum atomic E-state index is 12.6. The number of sulfone groups is 1. The Morgan fingerprint density at radius 2 is 2.00 bits per heavy atom.